The standard InChI is InChI=1S/C13H13Cl2NO4/c14-7-1-6(2-8(15)3-7)11(17)5-16-12(18)9-4-10(9)13(19)20/h1-3,9-11,17H,4-5H2,(H,16,18)(H,19,20). The Morgan fingerprint density at radius 3 is 2.35 bits per heavy atom. The third kappa shape index (κ3) is 3.62. The van der Waals surface area contributed by atoms with Crippen molar-refractivity contribution in [1.29, 1.82) is 0 Å². The van der Waals surface area contributed by atoms with Gasteiger partial charge in [-0.25, -0.2) is 0 Å². The molecule has 3 unspecified atom stereocenters. The minimum atomic E-state index is -0.965. The van der Waals surface area contributed by atoms with Crippen LogP contribution in [0.2, 0.25) is 10.0 Å². The maximum atomic E-state index is 11.7. The van der Waals surface area contributed by atoms with E-state index in [-0.39, 0.29) is 12.5 Å². The highest BCUT2D eigenvalue weighted by Crippen LogP contribution is 2.38. The molecule has 108 valence electrons. The van der Waals surface area contributed by atoms with Crippen molar-refractivity contribution in [3.8, 4) is 0 Å². The Balaban J connectivity index is 1.88. The van der Waals surface area contributed by atoms with Gasteiger partial charge in [-0.2, -0.15) is 0 Å². The van der Waals surface area contributed by atoms with Crippen LogP contribution in [0.25, 0.3) is 0 Å². The molecule has 0 heterocycles. The van der Waals surface area contributed by atoms with Crippen molar-refractivity contribution in [2.45, 2.75) is 12.5 Å². The second-order valence-corrected chi connectivity index (χ2v) is 5.62. The molecule has 3 N–H and O–H groups in total. The molecule has 1 amide bonds. The van der Waals surface area contributed by atoms with Gasteiger partial charge in [-0.15, -0.1) is 0 Å². The van der Waals surface area contributed by atoms with Gasteiger partial charge in [0.05, 0.1) is 17.9 Å². The summed E-state index contributed by atoms with van der Waals surface area (Å²) in [5.74, 6) is -2.42. The first-order valence-electron chi connectivity index (χ1n) is 6.03. The fraction of sp³-hybridized carbons (Fsp3) is 0.385. The third-order valence-corrected chi connectivity index (χ3v) is 3.62. The molecule has 3 atom stereocenters. The number of carbonyl (C=O) groups excluding carboxylic acids is 1. The molecular formula is C13H13Cl2NO4. The van der Waals surface area contributed by atoms with Crippen molar-refractivity contribution in [2.75, 3.05) is 6.54 Å². The first kappa shape index (κ1) is 15.1. The summed E-state index contributed by atoms with van der Waals surface area (Å²) in [5.41, 5.74) is 0.494. The molecule has 1 aliphatic carbocycles. The summed E-state index contributed by atoms with van der Waals surface area (Å²) in [6, 6.07) is 4.66. The van der Waals surface area contributed by atoms with Gasteiger partial charge in [0.25, 0.3) is 0 Å². The van der Waals surface area contributed by atoms with Crippen LogP contribution in [0.4, 0.5) is 0 Å². The van der Waals surface area contributed by atoms with E-state index in [4.69, 9.17) is 28.3 Å². The predicted octanol–water partition coefficient (Wildman–Crippen LogP) is 1.86. The number of carboxylic acid groups (broad SMARTS) is 1. The van der Waals surface area contributed by atoms with Gasteiger partial charge in [0, 0.05) is 16.6 Å². The Morgan fingerprint density at radius 1 is 1.25 bits per heavy atom. The zero-order valence-corrected chi connectivity index (χ0v) is 11.9. The minimum absolute atomic E-state index is 0.0155. The van der Waals surface area contributed by atoms with E-state index < -0.39 is 23.9 Å². The summed E-state index contributed by atoms with van der Waals surface area (Å²) in [4.78, 5) is 22.3. The molecule has 7 heteroatoms. The molecule has 0 radical (unpaired) electrons. The van der Waals surface area contributed by atoms with E-state index in [0.29, 0.717) is 22.0 Å². The number of nitrogens with one attached hydrogen (secondary N) is 1. The molecule has 5 nitrogen and oxygen atoms in total. The molecule has 2 rings (SSSR count). The first-order valence-corrected chi connectivity index (χ1v) is 6.78. The Morgan fingerprint density at radius 2 is 1.85 bits per heavy atom. The second kappa shape index (κ2) is 5.99. The lowest BCUT2D eigenvalue weighted by molar-refractivity contribution is -0.140. The molecule has 0 aliphatic heterocycles. The minimum Gasteiger partial charge on any atom is -0.481 e. The highest BCUT2D eigenvalue weighted by Gasteiger charge is 2.48. The molecule has 1 aromatic carbocycles. The number of benzene rings is 1. The van der Waals surface area contributed by atoms with Crippen LogP contribution in [0.3, 0.4) is 0 Å². The van der Waals surface area contributed by atoms with Crippen molar-refractivity contribution in [1.82, 2.24) is 5.32 Å². The third-order valence-electron chi connectivity index (χ3n) is 3.18. The van der Waals surface area contributed by atoms with E-state index in [1.54, 1.807) is 18.2 Å². The van der Waals surface area contributed by atoms with Gasteiger partial charge in [0.1, 0.15) is 0 Å². The molecule has 1 aliphatic rings. The number of hydrogen-bond donors (Lipinski definition) is 3. The maximum Gasteiger partial charge on any atom is 0.307 e. The maximum absolute atomic E-state index is 11.7. The number of rotatable bonds is 5. The van der Waals surface area contributed by atoms with Crippen molar-refractivity contribution >= 4 is 35.1 Å². The molecule has 1 saturated carbocycles. The van der Waals surface area contributed by atoms with E-state index in [1.807, 2.05) is 0 Å². The summed E-state index contributed by atoms with van der Waals surface area (Å²) in [5, 5.41) is 22.0. The quantitative estimate of drug-likeness (QED) is 0.773. The molecular weight excluding hydrogens is 305 g/mol. The van der Waals surface area contributed by atoms with Gasteiger partial charge in [-0.3, -0.25) is 9.59 Å². The van der Waals surface area contributed by atoms with E-state index in [9.17, 15) is 14.7 Å². The van der Waals surface area contributed by atoms with Crippen LogP contribution < -0.4 is 5.32 Å². The van der Waals surface area contributed by atoms with E-state index in [2.05, 4.69) is 5.32 Å². The van der Waals surface area contributed by atoms with Crippen molar-refractivity contribution in [3.63, 3.8) is 0 Å². The number of carboxylic acids is 1. The zero-order chi connectivity index (χ0) is 14.9. The average molecular weight is 318 g/mol. The van der Waals surface area contributed by atoms with Crippen LogP contribution in [0.5, 0.6) is 0 Å². The van der Waals surface area contributed by atoms with Crippen molar-refractivity contribution < 1.29 is 19.8 Å². The normalized spacial score (nSPS) is 22.1. The van der Waals surface area contributed by atoms with Crippen LogP contribution in [0.15, 0.2) is 18.2 Å². The fourth-order valence-corrected chi connectivity index (χ4v) is 2.51. The van der Waals surface area contributed by atoms with Gasteiger partial charge in [0.15, 0.2) is 0 Å². The number of aliphatic hydroxyl groups excluding tert-OH is 1. The number of carbonyl (C=O) groups is 2. The van der Waals surface area contributed by atoms with Crippen LogP contribution in [-0.4, -0.2) is 28.6 Å². The molecule has 0 aromatic heterocycles. The van der Waals surface area contributed by atoms with E-state index >= 15 is 0 Å². The topological polar surface area (TPSA) is 86.6 Å². The van der Waals surface area contributed by atoms with Crippen LogP contribution in [-0.2, 0) is 9.59 Å². The Kier molecular flexibility index (Phi) is 4.52. The van der Waals surface area contributed by atoms with Crippen LogP contribution in [0, 0.1) is 11.8 Å². The van der Waals surface area contributed by atoms with Gasteiger partial charge in [-0.1, -0.05) is 23.2 Å². The van der Waals surface area contributed by atoms with Crippen molar-refractivity contribution in [3.05, 3.63) is 33.8 Å². The zero-order valence-electron chi connectivity index (χ0n) is 10.3. The number of aliphatic carboxylic acids is 1. The number of aliphatic hydroxyl groups is 1. The lowest BCUT2D eigenvalue weighted by Crippen LogP contribution is -2.30. The smallest absolute Gasteiger partial charge is 0.307 e. The fourth-order valence-electron chi connectivity index (χ4n) is 1.97. The van der Waals surface area contributed by atoms with Crippen LogP contribution in [0.1, 0.15) is 18.1 Å². The Labute approximate surface area is 125 Å². The summed E-state index contributed by atoms with van der Waals surface area (Å²) in [6.45, 7) is -0.0155. The average Bonchev–Trinajstić information content (AvgIpc) is 3.14. The summed E-state index contributed by atoms with van der Waals surface area (Å²) in [6.07, 6.45) is -0.600. The molecule has 0 saturated heterocycles. The van der Waals surface area contributed by atoms with Crippen LogP contribution >= 0.6 is 23.2 Å². The highest BCUT2D eigenvalue weighted by molar-refractivity contribution is 6.34. The number of hydrogen-bond acceptors (Lipinski definition) is 3. The van der Waals surface area contributed by atoms with Crippen molar-refractivity contribution in [2.24, 2.45) is 11.8 Å². The van der Waals surface area contributed by atoms with Gasteiger partial charge in [0.2, 0.25) is 5.91 Å². The lowest BCUT2D eigenvalue weighted by Gasteiger charge is -2.13. The molecule has 0 bridgehead atoms. The van der Waals surface area contributed by atoms with Gasteiger partial charge < -0.3 is 15.5 Å². The Bertz CT molecular complexity index is 529. The summed E-state index contributed by atoms with van der Waals surface area (Å²) in [7, 11) is 0. The second-order valence-electron chi connectivity index (χ2n) is 4.75. The lowest BCUT2D eigenvalue weighted by atomic mass is 10.1. The molecule has 20 heavy (non-hydrogen) atoms. The number of halogens is 2. The summed E-state index contributed by atoms with van der Waals surface area (Å²) < 4.78 is 0. The largest absolute Gasteiger partial charge is 0.481 e. The first-order chi connectivity index (χ1) is 9.38. The van der Waals surface area contributed by atoms with Gasteiger partial charge in [-0.05, 0) is 30.2 Å². The molecule has 1 aromatic rings. The molecule has 1 fully saturated rings. The van der Waals surface area contributed by atoms with E-state index in [0.717, 1.165) is 0 Å². The Hall–Kier alpha value is -1.30. The SMILES string of the molecule is O=C(O)C1CC1C(=O)NCC(O)c1cc(Cl)cc(Cl)c1. The van der Waals surface area contributed by atoms with Gasteiger partial charge >= 0.3 is 5.97 Å². The number of amides is 1. The molecule has 0 spiro atoms. The van der Waals surface area contributed by atoms with E-state index in [1.165, 1.54) is 0 Å². The predicted molar refractivity (Wildman–Crippen MR) is 73.7 cm³/mol. The highest BCUT2D eigenvalue weighted by atomic mass is 35.5. The monoisotopic (exact) mass is 317 g/mol. The summed E-state index contributed by atoms with van der Waals surface area (Å²) >= 11 is 11.6.